The van der Waals surface area contributed by atoms with Gasteiger partial charge in [0.1, 0.15) is 140 Å². The summed E-state index contributed by atoms with van der Waals surface area (Å²) in [4.78, 5) is 15.4. The van der Waals surface area contributed by atoms with Crippen molar-refractivity contribution in [2.45, 2.75) is 269 Å². The van der Waals surface area contributed by atoms with Crippen molar-refractivity contribution < 1.29 is 164 Å². The van der Waals surface area contributed by atoms with Crippen LogP contribution < -0.4 is 0 Å². The maximum Gasteiger partial charge on any atom is 0.314 e. The Kier molecular flexibility index (Phi) is 22.6. The van der Waals surface area contributed by atoms with Crippen LogP contribution in [0.25, 0.3) is 0 Å². The third-order valence-corrected chi connectivity index (χ3v) is 21.3. The number of aliphatic hydroxyl groups excluding tert-OH is 20. The molecule has 0 radical (unpaired) electrons. The minimum Gasteiger partial charge on any atom is -0.432 e. The summed E-state index contributed by atoms with van der Waals surface area (Å²) in [7, 11) is 0. The molecule has 6 heterocycles. The molecule has 2 bridgehead atoms. The predicted octanol–water partition coefficient (Wildman–Crippen LogP) is -8.83. The van der Waals surface area contributed by atoms with Crippen molar-refractivity contribution in [1.82, 2.24) is 0 Å². The monoisotopic (exact) mass is 1310 g/mol. The van der Waals surface area contributed by atoms with E-state index in [1.165, 1.54) is 0 Å². The molecule has 36 atom stereocenters. The van der Waals surface area contributed by atoms with E-state index in [0.29, 0.717) is 44.1 Å². The number of fused-ring (bicyclic) bond motifs is 3. The Morgan fingerprint density at radius 3 is 1.18 bits per heavy atom. The SMILES string of the molecule is C.C=C1C[C@@]23CCC4[C@](C)(C(=O)OC5OC(CO)C(O)C(OC6OC(CO)C(O)C(O)C6O)C5OC5OC(CO)C(O)C(O)C5O)CCC[C@@]4(C)[C@@H]2CC[C@]1(OC1OC(CO)C(O)C(OC2OC(CO)C(O)C(O)C2O)C1OC1OC(CO)C(O)C(O)C1O)C3. The summed E-state index contributed by atoms with van der Waals surface area (Å²) < 4.78 is 72.9. The maximum atomic E-state index is 15.4. The van der Waals surface area contributed by atoms with Crippen molar-refractivity contribution in [2.24, 2.45) is 28.1 Å². The van der Waals surface area contributed by atoms with Gasteiger partial charge in [-0.1, -0.05) is 27.4 Å². The van der Waals surface area contributed by atoms with Crippen molar-refractivity contribution in [3.05, 3.63) is 12.2 Å². The molecular weight excluding hydrogens is 1210 g/mol. The third-order valence-electron chi connectivity index (χ3n) is 21.3. The average molecular weight is 1310 g/mol. The highest BCUT2D eigenvalue weighted by Gasteiger charge is 2.70. The van der Waals surface area contributed by atoms with E-state index in [-0.39, 0.29) is 32.6 Å². The van der Waals surface area contributed by atoms with E-state index in [1.807, 2.05) is 0 Å². The smallest absolute Gasteiger partial charge is 0.314 e. The number of hydrogen-bond donors (Lipinski definition) is 20. The second-order valence-corrected chi connectivity index (χ2v) is 26.4. The summed E-state index contributed by atoms with van der Waals surface area (Å²) in [5, 5.41) is 215. The van der Waals surface area contributed by atoms with Gasteiger partial charge in [-0.25, -0.2) is 0 Å². The standard InChI is InChI=1S/C56H90O33.CH4/c1-19-11-55-9-5-26-53(2,7-4-8-54(26,3)52(77)88-50-44(86-48-40(75)36(71)30(65)22(14-59)80-48)42(32(67)24(16-61)82-50)84-46-38(73)34(69)28(63)20(12-57)78-46)27(55)6-10-56(19,18-55)89-51-45(87-49-41(76)37(72)31(66)23(15-60)81-49)43(33(68)25(17-62)83-51)85-47-39(74)35(70)29(64)21(13-58)79-47;/h20-51,57-76H,1,4-18H2,2-3H3;1H4/t20?,21?,22?,23?,24?,25?,26?,27-,28?,29?,30?,31?,32?,33?,34?,35?,36?,37?,38?,39?,40?,41?,42?,43?,44?,45?,46?,47?,48?,49?,50?,51?,53+,54+,55+,56-;/m0./s1. The van der Waals surface area contributed by atoms with E-state index in [1.54, 1.807) is 6.92 Å². The number of ether oxygens (including phenoxy) is 12. The number of hydrogen-bond acceptors (Lipinski definition) is 33. The second-order valence-electron chi connectivity index (χ2n) is 26.4. The van der Waals surface area contributed by atoms with Gasteiger partial charge in [-0.3, -0.25) is 4.79 Å². The average Bonchev–Trinajstić information content (AvgIpc) is 1.42. The molecule has 90 heavy (non-hydrogen) atoms. The molecular formula is C57H94O33. The molecule has 20 N–H and O–H groups in total. The van der Waals surface area contributed by atoms with Crippen molar-refractivity contribution in [3.63, 3.8) is 0 Å². The number of rotatable bonds is 18. The van der Waals surface area contributed by atoms with Gasteiger partial charge in [0.25, 0.3) is 0 Å². The van der Waals surface area contributed by atoms with Gasteiger partial charge >= 0.3 is 5.97 Å². The van der Waals surface area contributed by atoms with Crippen LogP contribution in [0.5, 0.6) is 0 Å². The van der Waals surface area contributed by atoms with Gasteiger partial charge in [0.15, 0.2) is 37.6 Å². The molecule has 0 aromatic carbocycles. The van der Waals surface area contributed by atoms with E-state index < -0.39 is 258 Å². The van der Waals surface area contributed by atoms with Crippen molar-refractivity contribution >= 4 is 5.97 Å². The highest BCUT2D eigenvalue weighted by atomic mass is 16.8. The van der Waals surface area contributed by atoms with Crippen LogP contribution in [0.4, 0.5) is 0 Å². The minimum atomic E-state index is -2.08. The Bertz CT molecular complexity index is 2390. The number of esters is 1. The van der Waals surface area contributed by atoms with Crippen LogP contribution in [0.1, 0.15) is 79.1 Å². The lowest BCUT2D eigenvalue weighted by Gasteiger charge is -2.64. The van der Waals surface area contributed by atoms with Gasteiger partial charge in [-0.15, -0.1) is 0 Å². The molecule has 0 aromatic rings. The van der Waals surface area contributed by atoms with Crippen LogP contribution in [-0.2, 0) is 61.6 Å². The first-order valence-corrected chi connectivity index (χ1v) is 30.4. The van der Waals surface area contributed by atoms with Gasteiger partial charge < -0.3 is 159 Å². The quantitative estimate of drug-likeness (QED) is 0.0344. The van der Waals surface area contributed by atoms with E-state index >= 15 is 4.79 Å². The molecule has 31 unspecified atom stereocenters. The van der Waals surface area contributed by atoms with Gasteiger partial charge in [0, 0.05) is 0 Å². The van der Waals surface area contributed by atoms with Crippen LogP contribution in [-0.4, -0.2) is 338 Å². The van der Waals surface area contributed by atoms with E-state index in [9.17, 15) is 102 Å². The van der Waals surface area contributed by atoms with E-state index in [4.69, 9.17) is 56.8 Å². The number of carbonyl (C=O) groups excluding carboxylic acids is 1. The highest BCUT2D eigenvalue weighted by Crippen LogP contribution is 2.74. The lowest BCUT2D eigenvalue weighted by Crippen LogP contribution is -2.68. The second kappa shape index (κ2) is 28.2. The van der Waals surface area contributed by atoms with Crippen LogP contribution in [0.15, 0.2) is 12.2 Å². The number of aliphatic hydroxyl groups is 20. The lowest BCUT2D eigenvalue weighted by molar-refractivity contribution is -0.400. The molecule has 10 fully saturated rings. The topological polar surface area (TPSA) is 532 Å². The lowest BCUT2D eigenvalue weighted by atomic mass is 9.41. The van der Waals surface area contributed by atoms with Crippen molar-refractivity contribution in [1.29, 1.82) is 0 Å². The highest BCUT2D eigenvalue weighted by molar-refractivity contribution is 5.77. The molecule has 33 nitrogen and oxygen atoms in total. The van der Waals surface area contributed by atoms with E-state index in [2.05, 4.69) is 13.5 Å². The molecule has 6 saturated heterocycles. The fraction of sp³-hybridized carbons (Fsp3) is 0.947. The first-order chi connectivity index (χ1) is 42.1. The van der Waals surface area contributed by atoms with Gasteiger partial charge in [-0.2, -0.15) is 0 Å². The Morgan fingerprint density at radius 1 is 0.433 bits per heavy atom. The van der Waals surface area contributed by atoms with Crippen LogP contribution in [0.2, 0.25) is 0 Å². The Hall–Kier alpha value is -2.03. The fourth-order valence-electron chi connectivity index (χ4n) is 16.4. The summed E-state index contributed by atoms with van der Waals surface area (Å²) in [6.07, 6.45) is -51.9. The van der Waals surface area contributed by atoms with Gasteiger partial charge in [-0.05, 0) is 86.5 Å². The van der Waals surface area contributed by atoms with Crippen LogP contribution >= 0.6 is 0 Å². The summed E-state index contributed by atoms with van der Waals surface area (Å²) in [6, 6.07) is 0. The first kappa shape index (κ1) is 72.2. The molecule has 1 spiro atoms. The summed E-state index contributed by atoms with van der Waals surface area (Å²) in [5.74, 6) is -1.44. The molecule has 6 aliphatic heterocycles. The molecule has 10 rings (SSSR count). The van der Waals surface area contributed by atoms with Crippen LogP contribution in [0.3, 0.4) is 0 Å². The molecule has 0 aromatic heterocycles. The minimum absolute atomic E-state index is 0. The molecule has 0 amide bonds. The van der Waals surface area contributed by atoms with Crippen LogP contribution in [0, 0.1) is 28.1 Å². The van der Waals surface area contributed by atoms with Gasteiger partial charge in [0.05, 0.1) is 50.7 Å². The molecule has 520 valence electrons. The summed E-state index contributed by atoms with van der Waals surface area (Å²) in [6.45, 7) is 3.03. The zero-order valence-corrected chi connectivity index (χ0v) is 49.0. The molecule has 33 heteroatoms. The zero-order chi connectivity index (χ0) is 64.7. The molecule has 10 aliphatic rings. The zero-order valence-electron chi connectivity index (χ0n) is 49.0. The first-order valence-electron chi connectivity index (χ1n) is 30.4. The fourth-order valence-corrected chi connectivity index (χ4v) is 16.4. The Labute approximate surface area is 517 Å². The number of carbonyl (C=O) groups is 1. The predicted molar refractivity (Wildman–Crippen MR) is 291 cm³/mol. The summed E-state index contributed by atoms with van der Waals surface area (Å²) in [5.41, 5.74) is -3.24. The molecule has 4 aliphatic carbocycles. The Morgan fingerprint density at radius 2 is 0.778 bits per heavy atom. The van der Waals surface area contributed by atoms with Gasteiger partial charge in [0.2, 0.25) is 6.29 Å². The maximum absolute atomic E-state index is 15.4. The van der Waals surface area contributed by atoms with Crippen molar-refractivity contribution in [3.8, 4) is 0 Å². The van der Waals surface area contributed by atoms with Crippen molar-refractivity contribution in [2.75, 3.05) is 39.6 Å². The van der Waals surface area contributed by atoms with E-state index in [0.717, 1.165) is 0 Å². The molecule has 4 saturated carbocycles. The Balaban J connectivity index is 0.00000960. The summed E-state index contributed by atoms with van der Waals surface area (Å²) >= 11 is 0. The third kappa shape index (κ3) is 12.6. The normalized spacial score (nSPS) is 53.9. The largest absolute Gasteiger partial charge is 0.432 e.